The zero-order chi connectivity index (χ0) is 12.8. The molecule has 18 heavy (non-hydrogen) atoms. The first kappa shape index (κ1) is 13.4. The van der Waals surface area contributed by atoms with Gasteiger partial charge in [-0.05, 0) is 31.7 Å². The summed E-state index contributed by atoms with van der Waals surface area (Å²) in [5, 5.41) is 0. The van der Waals surface area contributed by atoms with Gasteiger partial charge in [-0.2, -0.15) is 0 Å². The second-order valence-electron chi connectivity index (χ2n) is 4.85. The number of nitrogens with two attached hydrogens (primary N) is 1. The molecule has 0 saturated carbocycles. The largest absolute Gasteiger partial charge is 0.491 e. The highest BCUT2D eigenvalue weighted by atomic mass is 16.5. The van der Waals surface area contributed by atoms with Crippen molar-refractivity contribution < 1.29 is 9.47 Å². The lowest BCUT2D eigenvalue weighted by atomic mass is 10.0. The number of para-hydroxylation sites is 1. The number of rotatable bonds is 5. The van der Waals surface area contributed by atoms with Gasteiger partial charge in [-0.1, -0.05) is 25.1 Å². The third-order valence-electron chi connectivity index (χ3n) is 3.46. The van der Waals surface area contributed by atoms with Crippen LogP contribution in [0.2, 0.25) is 0 Å². The van der Waals surface area contributed by atoms with Crippen LogP contribution < -0.4 is 10.5 Å². The van der Waals surface area contributed by atoms with Gasteiger partial charge in [0, 0.05) is 18.2 Å². The summed E-state index contributed by atoms with van der Waals surface area (Å²) in [6, 6.07) is 8.09. The molecule has 1 aromatic carbocycles. The smallest absolute Gasteiger partial charge is 0.124 e. The first-order valence-electron chi connectivity index (χ1n) is 6.90. The maximum absolute atomic E-state index is 6.09. The van der Waals surface area contributed by atoms with Crippen LogP contribution >= 0.6 is 0 Å². The second kappa shape index (κ2) is 6.76. The molecule has 1 aliphatic rings. The maximum Gasteiger partial charge on any atom is 0.124 e. The summed E-state index contributed by atoms with van der Waals surface area (Å²) in [5.74, 6) is 0.904. The fourth-order valence-corrected chi connectivity index (χ4v) is 2.26. The molecule has 100 valence electrons. The minimum atomic E-state index is 0.0495. The van der Waals surface area contributed by atoms with Crippen LogP contribution in [0.15, 0.2) is 24.3 Å². The van der Waals surface area contributed by atoms with Crippen LogP contribution in [-0.2, 0) is 4.74 Å². The van der Waals surface area contributed by atoms with Crippen LogP contribution in [0.4, 0.5) is 0 Å². The van der Waals surface area contributed by atoms with E-state index in [0.717, 1.165) is 30.8 Å². The molecular formula is C15H23NO2. The van der Waals surface area contributed by atoms with Crippen LogP contribution in [0.1, 0.15) is 44.2 Å². The van der Waals surface area contributed by atoms with Gasteiger partial charge in [0.1, 0.15) is 12.4 Å². The Balaban J connectivity index is 1.95. The lowest BCUT2D eigenvalue weighted by Gasteiger charge is -2.24. The first-order valence-corrected chi connectivity index (χ1v) is 6.90. The van der Waals surface area contributed by atoms with E-state index in [1.807, 2.05) is 24.3 Å². The van der Waals surface area contributed by atoms with Crippen molar-refractivity contribution in [3.63, 3.8) is 0 Å². The van der Waals surface area contributed by atoms with E-state index in [9.17, 15) is 0 Å². The van der Waals surface area contributed by atoms with E-state index in [0.29, 0.717) is 6.61 Å². The molecule has 0 aliphatic carbocycles. The van der Waals surface area contributed by atoms with Crippen LogP contribution in [0.5, 0.6) is 5.75 Å². The Kier molecular flexibility index (Phi) is 5.02. The summed E-state index contributed by atoms with van der Waals surface area (Å²) < 4.78 is 11.6. The van der Waals surface area contributed by atoms with Gasteiger partial charge >= 0.3 is 0 Å². The molecule has 0 amide bonds. The second-order valence-corrected chi connectivity index (χ2v) is 4.85. The molecule has 1 aromatic rings. The normalized spacial score (nSPS) is 21.6. The topological polar surface area (TPSA) is 44.5 Å². The van der Waals surface area contributed by atoms with Crippen molar-refractivity contribution in [2.75, 3.05) is 13.2 Å². The number of benzene rings is 1. The van der Waals surface area contributed by atoms with E-state index in [1.165, 1.54) is 12.8 Å². The Hall–Kier alpha value is -1.06. The van der Waals surface area contributed by atoms with Gasteiger partial charge in [0.05, 0.1) is 6.10 Å². The summed E-state index contributed by atoms with van der Waals surface area (Å²) in [6.07, 6.45) is 4.67. The fraction of sp³-hybridized carbons (Fsp3) is 0.600. The zero-order valence-corrected chi connectivity index (χ0v) is 11.1. The quantitative estimate of drug-likeness (QED) is 0.872. The average Bonchev–Trinajstić information content (AvgIpc) is 2.45. The van der Waals surface area contributed by atoms with Crippen LogP contribution in [0.25, 0.3) is 0 Å². The molecule has 1 fully saturated rings. The highest BCUT2D eigenvalue weighted by Gasteiger charge is 2.16. The molecule has 2 atom stereocenters. The van der Waals surface area contributed by atoms with Crippen molar-refractivity contribution in [3.8, 4) is 5.75 Å². The van der Waals surface area contributed by atoms with Crippen LogP contribution in [0.3, 0.4) is 0 Å². The molecule has 0 aromatic heterocycles. The van der Waals surface area contributed by atoms with Crippen LogP contribution in [0, 0.1) is 0 Å². The molecule has 2 rings (SSSR count). The minimum Gasteiger partial charge on any atom is -0.491 e. The fourth-order valence-electron chi connectivity index (χ4n) is 2.26. The monoisotopic (exact) mass is 249 g/mol. The summed E-state index contributed by atoms with van der Waals surface area (Å²) in [7, 11) is 0. The van der Waals surface area contributed by atoms with E-state index in [-0.39, 0.29) is 12.1 Å². The standard InChI is InChI=1S/C15H23NO2/c1-2-14(16)13-8-3-4-9-15(13)18-11-12-7-5-6-10-17-12/h3-4,8-9,12,14H,2,5-7,10-11,16H2,1H3/t12?,14-/m1/s1. The summed E-state index contributed by atoms with van der Waals surface area (Å²) in [6.45, 7) is 3.59. The SMILES string of the molecule is CC[C@@H](N)c1ccccc1OCC1CCCCO1. The minimum absolute atomic E-state index is 0.0495. The van der Waals surface area contributed by atoms with Gasteiger partial charge in [0.15, 0.2) is 0 Å². The predicted molar refractivity (Wildman–Crippen MR) is 72.7 cm³/mol. The predicted octanol–water partition coefficient (Wildman–Crippen LogP) is 3.04. The summed E-state index contributed by atoms with van der Waals surface area (Å²) >= 11 is 0. The van der Waals surface area contributed by atoms with Crippen molar-refractivity contribution >= 4 is 0 Å². The number of ether oxygens (including phenoxy) is 2. The Bertz CT molecular complexity index is 361. The molecule has 3 nitrogen and oxygen atoms in total. The maximum atomic E-state index is 6.09. The molecule has 0 spiro atoms. The van der Waals surface area contributed by atoms with E-state index in [4.69, 9.17) is 15.2 Å². The molecule has 1 heterocycles. The van der Waals surface area contributed by atoms with E-state index in [2.05, 4.69) is 6.92 Å². The molecule has 1 saturated heterocycles. The Labute approximate surface area is 109 Å². The molecule has 0 radical (unpaired) electrons. The van der Waals surface area contributed by atoms with Crippen molar-refractivity contribution in [1.29, 1.82) is 0 Å². The lowest BCUT2D eigenvalue weighted by Crippen LogP contribution is -2.26. The molecule has 1 unspecified atom stereocenters. The summed E-state index contributed by atoms with van der Waals surface area (Å²) in [5.41, 5.74) is 7.19. The van der Waals surface area contributed by atoms with Gasteiger partial charge in [0.2, 0.25) is 0 Å². The lowest BCUT2D eigenvalue weighted by molar-refractivity contribution is -0.0113. The Morgan fingerprint density at radius 2 is 2.22 bits per heavy atom. The molecule has 0 bridgehead atoms. The van der Waals surface area contributed by atoms with Gasteiger partial charge in [-0.15, -0.1) is 0 Å². The highest BCUT2D eigenvalue weighted by molar-refractivity contribution is 5.35. The Morgan fingerprint density at radius 1 is 1.39 bits per heavy atom. The zero-order valence-electron chi connectivity index (χ0n) is 11.1. The molecule has 1 aliphatic heterocycles. The van der Waals surface area contributed by atoms with Crippen molar-refractivity contribution in [2.45, 2.75) is 44.8 Å². The van der Waals surface area contributed by atoms with E-state index >= 15 is 0 Å². The third kappa shape index (κ3) is 3.47. The highest BCUT2D eigenvalue weighted by Crippen LogP contribution is 2.26. The van der Waals surface area contributed by atoms with Gasteiger partial charge in [0.25, 0.3) is 0 Å². The van der Waals surface area contributed by atoms with Crippen molar-refractivity contribution in [2.24, 2.45) is 5.73 Å². The van der Waals surface area contributed by atoms with Gasteiger partial charge in [-0.3, -0.25) is 0 Å². The number of hydrogen-bond donors (Lipinski definition) is 1. The molecule has 3 heteroatoms. The Morgan fingerprint density at radius 3 is 2.94 bits per heavy atom. The van der Waals surface area contributed by atoms with E-state index in [1.54, 1.807) is 0 Å². The van der Waals surface area contributed by atoms with Gasteiger partial charge in [-0.25, -0.2) is 0 Å². The molecular weight excluding hydrogens is 226 g/mol. The average molecular weight is 249 g/mol. The summed E-state index contributed by atoms with van der Waals surface area (Å²) in [4.78, 5) is 0. The first-order chi connectivity index (χ1) is 8.81. The molecule has 2 N–H and O–H groups in total. The number of hydrogen-bond acceptors (Lipinski definition) is 3. The van der Waals surface area contributed by atoms with E-state index < -0.39 is 0 Å². The van der Waals surface area contributed by atoms with Crippen LogP contribution in [-0.4, -0.2) is 19.3 Å². The van der Waals surface area contributed by atoms with Gasteiger partial charge < -0.3 is 15.2 Å². The van der Waals surface area contributed by atoms with Crippen molar-refractivity contribution in [3.05, 3.63) is 29.8 Å². The van der Waals surface area contributed by atoms with Crippen molar-refractivity contribution in [1.82, 2.24) is 0 Å². The third-order valence-corrected chi connectivity index (χ3v) is 3.46.